The van der Waals surface area contributed by atoms with Crippen LogP contribution in [0.25, 0.3) is 0 Å². The molecule has 0 aliphatic carbocycles. The molecule has 1 aromatic heterocycles. The minimum absolute atomic E-state index is 0.00909. The second kappa shape index (κ2) is 6.76. The highest BCUT2D eigenvalue weighted by Gasteiger charge is 2.26. The Hall–Kier alpha value is -2.44. The number of aromatic nitrogens is 2. The first kappa shape index (κ1) is 15.5. The van der Waals surface area contributed by atoms with Crippen molar-refractivity contribution >= 4 is 35.3 Å². The summed E-state index contributed by atoms with van der Waals surface area (Å²) in [6.07, 6.45) is 0. The summed E-state index contributed by atoms with van der Waals surface area (Å²) in [4.78, 5) is 9.83. The molecule has 1 aromatic carbocycles. The molecule has 0 spiro atoms. The van der Waals surface area contributed by atoms with Gasteiger partial charge in [0.1, 0.15) is 33.2 Å². The molecule has 0 saturated carbocycles. The largest absolute Gasteiger partial charge is 0.224 e. The number of nitriles is 3. The molecule has 2 heterocycles. The van der Waals surface area contributed by atoms with Crippen LogP contribution in [-0.4, -0.2) is 9.97 Å². The normalized spacial score (nSPS) is 12.0. The predicted molar refractivity (Wildman–Crippen MR) is 88.1 cm³/mol. The molecular weight excluding hydrogens is 346 g/mol. The lowest BCUT2D eigenvalue weighted by Gasteiger charge is -2.01. The highest BCUT2D eigenvalue weighted by Crippen LogP contribution is 2.52. The van der Waals surface area contributed by atoms with Gasteiger partial charge in [0, 0.05) is 4.90 Å². The third kappa shape index (κ3) is 3.18. The van der Waals surface area contributed by atoms with Gasteiger partial charge in [-0.25, -0.2) is 9.97 Å². The summed E-state index contributed by atoms with van der Waals surface area (Å²) in [5.74, 6) is 0. The zero-order valence-electron chi connectivity index (χ0n) is 11.3. The Morgan fingerprint density at radius 3 is 1.96 bits per heavy atom. The van der Waals surface area contributed by atoms with Gasteiger partial charge in [-0.05, 0) is 12.1 Å². The summed E-state index contributed by atoms with van der Waals surface area (Å²) in [6, 6.07) is 15.5. The van der Waals surface area contributed by atoms with Gasteiger partial charge in [0.15, 0.2) is 11.4 Å². The van der Waals surface area contributed by atoms with Gasteiger partial charge in [-0.1, -0.05) is 53.5 Å². The number of thioether (sulfide) groups is 3. The van der Waals surface area contributed by atoms with Crippen molar-refractivity contribution < 1.29 is 0 Å². The predicted octanol–water partition coefficient (Wildman–Crippen LogP) is 3.90. The molecule has 1 aliphatic rings. The van der Waals surface area contributed by atoms with Gasteiger partial charge in [-0.15, -0.1) is 0 Å². The SMILES string of the molecule is N#CC(Sc1ccccc1)=C1Sc2nc(C#N)c(C#N)nc2S1. The molecule has 3 rings (SSSR count). The second-order valence-corrected chi connectivity index (χ2v) is 7.44. The fourth-order valence-corrected chi connectivity index (χ4v) is 4.91. The van der Waals surface area contributed by atoms with Crippen LogP contribution in [0.5, 0.6) is 0 Å². The average Bonchev–Trinajstić information content (AvgIpc) is 3.01. The third-order valence-electron chi connectivity index (χ3n) is 2.67. The van der Waals surface area contributed by atoms with Crippen LogP contribution in [0.4, 0.5) is 0 Å². The third-order valence-corrected chi connectivity index (χ3v) is 6.30. The van der Waals surface area contributed by atoms with Gasteiger partial charge in [0.05, 0.1) is 4.24 Å². The number of hydrogen-bond acceptors (Lipinski definition) is 8. The zero-order chi connectivity index (χ0) is 16.2. The Morgan fingerprint density at radius 2 is 1.48 bits per heavy atom. The number of nitrogens with zero attached hydrogens (tertiary/aromatic N) is 5. The van der Waals surface area contributed by atoms with Crippen molar-refractivity contribution in [3.8, 4) is 18.2 Å². The summed E-state index contributed by atoms with van der Waals surface area (Å²) in [6.45, 7) is 0. The van der Waals surface area contributed by atoms with Crippen LogP contribution < -0.4 is 0 Å². The highest BCUT2D eigenvalue weighted by molar-refractivity contribution is 8.25. The van der Waals surface area contributed by atoms with Gasteiger partial charge in [-0.3, -0.25) is 0 Å². The van der Waals surface area contributed by atoms with Crippen molar-refractivity contribution in [2.45, 2.75) is 14.9 Å². The Kier molecular flexibility index (Phi) is 4.55. The first-order chi connectivity index (χ1) is 11.2. The van der Waals surface area contributed by atoms with E-state index in [1.807, 2.05) is 42.5 Å². The molecule has 108 valence electrons. The Balaban J connectivity index is 1.95. The van der Waals surface area contributed by atoms with Crippen LogP contribution in [0.2, 0.25) is 0 Å². The van der Waals surface area contributed by atoms with E-state index < -0.39 is 0 Å². The summed E-state index contributed by atoms with van der Waals surface area (Å²) in [5, 5.41) is 28.6. The van der Waals surface area contributed by atoms with Gasteiger partial charge in [0.2, 0.25) is 0 Å². The Bertz CT molecular complexity index is 888. The van der Waals surface area contributed by atoms with E-state index in [4.69, 9.17) is 10.5 Å². The van der Waals surface area contributed by atoms with Crippen LogP contribution in [0.15, 0.2) is 54.4 Å². The molecule has 0 radical (unpaired) electrons. The molecular formula is C15H5N5S3. The zero-order valence-corrected chi connectivity index (χ0v) is 13.8. The molecule has 0 atom stereocenters. The number of allylic oxidation sites excluding steroid dienone is 1. The van der Waals surface area contributed by atoms with E-state index in [9.17, 15) is 5.26 Å². The van der Waals surface area contributed by atoms with Gasteiger partial charge in [-0.2, -0.15) is 15.8 Å². The Morgan fingerprint density at radius 1 is 0.913 bits per heavy atom. The van der Waals surface area contributed by atoms with Crippen LogP contribution in [0, 0.1) is 34.0 Å². The molecule has 2 aromatic rings. The lowest BCUT2D eigenvalue weighted by molar-refractivity contribution is 0.902. The van der Waals surface area contributed by atoms with Crippen LogP contribution in [0.1, 0.15) is 11.4 Å². The maximum Gasteiger partial charge on any atom is 0.178 e. The van der Waals surface area contributed by atoms with Crippen molar-refractivity contribution in [3.05, 3.63) is 50.9 Å². The van der Waals surface area contributed by atoms with Gasteiger partial charge in [0.25, 0.3) is 0 Å². The molecule has 0 saturated heterocycles. The quantitative estimate of drug-likeness (QED) is 0.593. The van der Waals surface area contributed by atoms with E-state index >= 15 is 0 Å². The molecule has 5 nitrogen and oxygen atoms in total. The van der Waals surface area contributed by atoms with Crippen molar-refractivity contribution in [1.82, 2.24) is 9.97 Å². The topological polar surface area (TPSA) is 97.1 Å². The standard InChI is InChI=1S/C15H5N5S3/c16-6-10-11(7-17)20-14-13(19-10)22-15(23-14)12(8-18)21-9-4-2-1-3-5-9/h1-5H. The maximum absolute atomic E-state index is 9.43. The first-order valence-corrected chi connectivity index (χ1v) is 8.65. The maximum atomic E-state index is 9.43. The monoisotopic (exact) mass is 351 g/mol. The van der Waals surface area contributed by atoms with E-state index in [0.717, 1.165) is 9.13 Å². The van der Waals surface area contributed by atoms with Crippen molar-refractivity contribution in [1.29, 1.82) is 15.8 Å². The molecule has 0 bridgehead atoms. The van der Waals surface area contributed by atoms with E-state index in [2.05, 4.69) is 16.0 Å². The first-order valence-electron chi connectivity index (χ1n) is 6.20. The van der Waals surface area contributed by atoms with Crippen molar-refractivity contribution in [2.75, 3.05) is 0 Å². The summed E-state index contributed by atoms with van der Waals surface area (Å²) in [7, 11) is 0. The fourth-order valence-electron chi connectivity index (χ4n) is 1.70. The van der Waals surface area contributed by atoms with E-state index in [-0.39, 0.29) is 11.4 Å². The van der Waals surface area contributed by atoms with E-state index in [0.29, 0.717) is 15.0 Å². The minimum atomic E-state index is 0.00909. The highest BCUT2D eigenvalue weighted by atomic mass is 32.2. The van der Waals surface area contributed by atoms with Crippen LogP contribution in [-0.2, 0) is 0 Å². The molecule has 0 unspecified atom stereocenters. The number of fused-ring (bicyclic) bond motifs is 1. The summed E-state index contributed by atoms with van der Waals surface area (Å²) in [5.41, 5.74) is 0.0182. The smallest absolute Gasteiger partial charge is 0.178 e. The van der Waals surface area contributed by atoms with Gasteiger partial charge < -0.3 is 0 Å². The molecule has 23 heavy (non-hydrogen) atoms. The lowest BCUT2D eigenvalue weighted by Crippen LogP contribution is -1.96. The lowest BCUT2D eigenvalue weighted by atomic mass is 10.3. The number of rotatable bonds is 2. The molecule has 0 N–H and O–H groups in total. The number of hydrogen-bond donors (Lipinski definition) is 0. The van der Waals surface area contributed by atoms with Crippen molar-refractivity contribution in [2.24, 2.45) is 0 Å². The van der Waals surface area contributed by atoms with Gasteiger partial charge >= 0.3 is 0 Å². The molecule has 1 aliphatic heterocycles. The van der Waals surface area contributed by atoms with E-state index in [1.165, 1.54) is 35.3 Å². The summed E-state index contributed by atoms with van der Waals surface area (Å²) < 4.78 is 0.760. The molecule has 8 heteroatoms. The Labute approximate surface area is 145 Å². The summed E-state index contributed by atoms with van der Waals surface area (Å²) >= 11 is 3.97. The number of benzene rings is 1. The average molecular weight is 351 g/mol. The van der Waals surface area contributed by atoms with E-state index in [1.54, 1.807) is 0 Å². The van der Waals surface area contributed by atoms with Crippen LogP contribution in [0.3, 0.4) is 0 Å². The minimum Gasteiger partial charge on any atom is -0.224 e. The fraction of sp³-hybridized carbons (Fsp3) is 0. The molecule has 0 amide bonds. The van der Waals surface area contributed by atoms with Crippen molar-refractivity contribution in [3.63, 3.8) is 0 Å². The second-order valence-electron chi connectivity index (χ2n) is 4.10. The van der Waals surface area contributed by atoms with Crippen LogP contribution >= 0.6 is 35.3 Å². The molecule has 0 fully saturated rings.